The lowest BCUT2D eigenvalue weighted by atomic mass is 9.64. The van der Waals surface area contributed by atoms with Gasteiger partial charge in [0.05, 0.1) is 0 Å². The minimum Gasteiger partial charge on any atom is -0.461 e. The molecule has 0 saturated heterocycles. The zero-order valence-electron chi connectivity index (χ0n) is 26.7. The van der Waals surface area contributed by atoms with Gasteiger partial charge in [-0.3, -0.25) is 9.59 Å². The van der Waals surface area contributed by atoms with Gasteiger partial charge in [-0.2, -0.15) is 0 Å². The van der Waals surface area contributed by atoms with Gasteiger partial charge in [-0.1, -0.05) is 121 Å². The van der Waals surface area contributed by atoms with E-state index in [9.17, 15) is 9.59 Å². The molecule has 2 aliphatic rings. The minimum absolute atomic E-state index is 0.163. The Kier molecular flexibility index (Phi) is 10.4. The number of rotatable bonds is 10. The first kappa shape index (κ1) is 32.0. The van der Waals surface area contributed by atoms with Gasteiger partial charge in [0.15, 0.2) is 5.92 Å². The first-order valence-electron chi connectivity index (χ1n) is 16.1. The number of allylic oxidation sites excluding steroid dienone is 1. The highest BCUT2D eigenvalue weighted by molar-refractivity contribution is 5.95. The molecule has 2 aromatic carbocycles. The Hall–Kier alpha value is -2.88. The number of benzene rings is 2. The van der Waals surface area contributed by atoms with E-state index in [0.717, 1.165) is 38.5 Å². The number of carbonyl (C=O) groups is 2. The lowest BCUT2D eigenvalue weighted by molar-refractivity contribution is -0.175. The summed E-state index contributed by atoms with van der Waals surface area (Å²) in [5.74, 6) is -0.712. The van der Waals surface area contributed by atoms with Crippen LogP contribution in [0.15, 0.2) is 73.3 Å². The number of hydrogen-bond acceptors (Lipinski definition) is 4. The van der Waals surface area contributed by atoms with Crippen molar-refractivity contribution in [3.05, 3.63) is 84.4 Å². The van der Waals surface area contributed by atoms with Crippen LogP contribution in [0, 0.1) is 29.6 Å². The third kappa shape index (κ3) is 7.18. The molecule has 0 spiro atoms. The fourth-order valence-electron chi connectivity index (χ4n) is 7.65. The predicted molar refractivity (Wildman–Crippen MR) is 170 cm³/mol. The maximum absolute atomic E-state index is 13.8. The van der Waals surface area contributed by atoms with Crippen molar-refractivity contribution < 1.29 is 19.1 Å². The second kappa shape index (κ2) is 13.6. The van der Waals surface area contributed by atoms with Gasteiger partial charge in [0.2, 0.25) is 0 Å². The van der Waals surface area contributed by atoms with Crippen LogP contribution >= 0.6 is 0 Å². The molecule has 0 N–H and O–H groups in total. The fraction of sp³-hybridized carbons (Fsp3) is 0.579. The molecule has 4 nitrogen and oxygen atoms in total. The second-order valence-electron chi connectivity index (χ2n) is 14.3. The van der Waals surface area contributed by atoms with E-state index < -0.39 is 17.9 Å². The lowest BCUT2D eigenvalue weighted by Crippen LogP contribution is -2.46. The molecule has 4 rings (SSSR count). The average molecular weight is 573 g/mol. The summed E-state index contributed by atoms with van der Waals surface area (Å²) < 4.78 is 12.6. The molecule has 0 heterocycles. The van der Waals surface area contributed by atoms with Gasteiger partial charge in [0.25, 0.3) is 0 Å². The number of ether oxygens (including phenoxy) is 2. The van der Waals surface area contributed by atoms with Crippen LogP contribution in [0.5, 0.6) is 0 Å². The van der Waals surface area contributed by atoms with Crippen molar-refractivity contribution in [1.82, 2.24) is 0 Å². The van der Waals surface area contributed by atoms with E-state index in [2.05, 4.69) is 96.7 Å². The number of carbonyl (C=O) groups excluding carboxylic acids is 2. The van der Waals surface area contributed by atoms with Gasteiger partial charge in [-0.15, -0.1) is 6.58 Å². The Morgan fingerprint density at radius 2 is 1.12 bits per heavy atom. The molecule has 2 aliphatic carbocycles. The summed E-state index contributed by atoms with van der Waals surface area (Å²) in [6.07, 6.45) is 7.11. The number of esters is 2. The van der Waals surface area contributed by atoms with Crippen molar-refractivity contribution in [1.29, 1.82) is 0 Å². The van der Waals surface area contributed by atoms with Gasteiger partial charge in [-0.25, -0.2) is 0 Å². The number of hydrogen-bond donors (Lipinski definition) is 0. The van der Waals surface area contributed by atoms with Crippen molar-refractivity contribution in [2.75, 3.05) is 0 Å². The van der Waals surface area contributed by atoms with Crippen LogP contribution in [0.3, 0.4) is 0 Å². The van der Waals surface area contributed by atoms with Crippen molar-refractivity contribution in [2.24, 2.45) is 29.6 Å². The molecule has 4 heteroatoms. The summed E-state index contributed by atoms with van der Waals surface area (Å²) in [6, 6.07) is 21.0. The molecule has 2 saturated carbocycles. The Labute approximate surface area is 254 Å². The molecule has 2 fully saturated rings. The molecule has 2 aromatic rings. The van der Waals surface area contributed by atoms with Crippen molar-refractivity contribution in [3.8, 4) is 0 Å². The molecular formula is C38H52O4. The van der Waals surface area contributed by atoms with E-state index in [1.54, 1.807) is 6.08 Å². The topological polar surface area (TPSA) is 52.6 Å². The van der Waals surface area contributed by atoms with Crippen LogP contribution < -0.4 is 0 Å². The zero-order chi connectivity index (χ0) is 30.5. The standard InChI is InChI=1S/C38H52O4/c1-8-15-30(35(39)41-33-24-26(2)20-22-31(33)37(4,5)28-16-11-9-12-17-28)36(40)42-34-25-27(3)21-23-32(34)38(6,7)29-18-13-10-14-19-29/h8-14,16-19,26-27,30-34H,1,15,20-25H2,2-7H3/t26-,27-,31-,32-,33-,34-/m1/s1. The zero-order valence-corrected chi connectivity index (χ0v) is 26.7. The van der Waals surface area contributed by atoms with Gasteiger partial charge < -0.3 is 9.47 Å². The molecule has 0 radical (unpaired) electrons. The summed E-state index contributed by atoms with van der Waals surface area (Å²) in [4.78, 5) is 27.6. The van der Waals surface area contributed by atoms with E-state index in [0.29, 0.717) is 11.8 Å². The van der Waals surface area contributed by atoms with E-state index >= 15 is 0 Å². The quantitative estimate of drug-likeness (QED) is 0.162. The first-order valence-corrected chi connectivity index (χ1v) is 16.1. The van der Waals surface area contributed by atoms with E-state index in [1.165, 1.54) is 11.1 Å². The third-order valence-electron chi connectivity index (χ3n) is 10.5. The van der Waals surface area contributed by atoms with Gasteiger partial charge in [0.1, 0.15) is 12.2 Å². The molecule has 228 valence electrons. The Morgan fingerprint density at radius 1 is 0.738 bits per heavy atom. The largest absolute Gasteiger partial charge is 0.461 e. The van der Waals surface area contributed by atoms with Crippen molar-refractivity contribution >= 4 is 11.9 Å². The average Bonchev–Trinajstić information content (AvgIpc) is 2.96. The smallest absolute Gasteiger partial charge is 0.320 e. The SMILES string of the molecule is C=CCC(C(=O)O[C@@H]1C[C@H](C)CC[C@H]1C(C)(C)c1ccccc1)C(=O)O[C@@H]1C[C@H](C)CC[C@H]1C(C)(C)c1ccccc1. The summed E-state index contributed by atoms with van der Waals surface area (Å²) in [5, 5.41) is 0. The Bertz CT molecular complexity index is 1090. The highest BCUT2D eigenvalue weighted by Crippen LogP contribution is 2.45. The van der Waals surface area contributed by atoms with Gasteiger partial charge in [-0.05, 0) is 65.9 Å². The molecule has 0 bridgehead atoms. The van der Waals surface area contributed by atoms with Crippen LogP contribution in [-0.4, -0.2) is 24.1 Å². The highest BCUT2D eigenvalue weighted by atomic mass is 16.6. The summed E-state index contributed by atoms with van der Waals surface area (Å²) in [6.45, 7) is 17.3. The Balaban J connectivity index is 1.52. The van der Waals surface area contributed by atoms with Gasteiger partial charge in [0, 0.05) is 11.8 Å². The Morgan fingerprint density at radius 3 is 1.48 bits per heavy atom. The summed E-state index contributed by atoms with van der Waals surface area (Å²) in [5.41, 5.74) is 2.14. The van der Waals surface area contributed by atoms with Crippen LogP contribution in [0.2, 0.25) is 0 Å². The van der Waals surface area contributed by atoms with Crippen LogP contribution in [0.1, 0.15) is 97.6 Å². The van der Waals surface area contributed by atoms with Crippen LogP contribution in [0.4, 0.5) is 0 Å². The highest BCUT2D eigenvalue weighted by Gasteiger charge is 2.45. The molecule has 0 amide bonds. The third-order valence-corrected chi connectivity index (χ3v) is 10.5. The van der Waals surface area contributed by atoms with Gasteiger partial charge >= 0.3 is 11.9 Å². The fourth-order valence-corrected chi connectivity index (χ4v) is 7.65. The molecule has 6 atom stereocenters. The van der Waals surface area contributed by atoms with E-state index in [4.69, 9.17) is 9.47 Å². The maximum Gasteiger partial charge on any atom is 0.320 e. The van der Waals surface area contributed by atoms with Crippen molar-refractivity contribution in [2.45, 2.75) is 110 Å². The lowest BCUT2D eigenvalue weighted by Gasteiger charge is -2.44. The maximum atomic E-state index is 13.8. The molecule has 0 aliphatic heterocycles. The molecule has 0 aromatic heterocycles. The van der Waals surface area contributed by atoms with Crippen LogP contribution in [-0.2, 0) is 29.9 Å². The van der Waals surface area contributed by atoms with Crippen LogP contribution in [0.25, 0.3) is 0 Å². The summed E-state index contributed by atoms with van der Waals surface area (Å²) in [7, 11) is 0. The monoisotopic (exact) mass is 572 g/mol. The van der Waals surface area contributed by atoms with E-state index in [-0.39, 0.29) is 41.3 Å². The predicted octanol–water partition coefficient (Wildman–Crippen LogP) is 8.83. The van der Waals surface area contributed by atoms with E-state index in [1.807, 2.05) is 12.1 Å². The normalized spacial score (nSPS) is 26.8. The first-order chi connectivity index (χ1) is 19.9. The molecule has 0 unspecified atom stereocenters. The second-order valence-corrected chi connectivity index (χ2v) is 14.3. The minimum atomic E-state index is -1.00. The molecular weight excluding hydrogens is 520 g/mol. The van der Waals surface area contributed by atoms with Crippen molar-refractivity contribution in [3.63, 3.8) is 0 Å². The summed E-state index contributed by atoms with van der Waals surface area (Å²) >= 11 is 0. The molecule has 42 heavy (non-hydrogen) atoms.